The molecule has 4 rings (SSSR count). The topological polar surface area (TPSA) is 83.9 Å². The van der Waals surface area contributed by atoms with Crippen molar-refractivity contribution < 1.29 is 19.4 Å². The number of methoxy groups -OCH3 is 2. The number of carbonyl (C=O) groups excluding carboxylic acids is 1. The van der Waals surface area contributed by atoms with E-state index in [0.29, 0.717) is 45.2 Å². The number of aromatic amines is 1. The third kappa shape index (κ3) is 2.27. The molecule has 2 heterocycles. The van der Waals surface area contributed by atoms with E-state index in [2.05, 4.69) is 9.98 Å². The SMILES string of the molecule is COc1ccccc1C1=NC(=O)c2c(-c3ccccc3OC)[nH]c(O)c21. The summed E-state index contributed by atoms with van der Waals surface area (Å²) in [6.07, 6.45) is 0. The van der Waals surface area contributed by atoms with Crippen LogP contribution in [0.25, 0.3) is 11.3 Å². The van der Waals surface area contributed by atoms with Crippen LogP contribution in [-0.2, 0) is 0 Å². The lowest BCUT2D eigenvalue weighted by Gasteiger charge is -2.07. The van der Waals surface area contributed by atoms with Gasteiger partial charge in [0.1, 0.15) is 11.5 Å². The van der Waals surface area contributed by atoms with Crippen LogP contribution in [0.15, 0.2) is 53.5 Å². The third-order valence-corrected chi connectivity index (χ3v) is 4.38. The number of hydrogen-bond donors (Lipinski definition) is 2. The molecule has 2 aromatic carbocycles. The summed E-state index contributed by atoms with van der Waals surface area (Å²) in [5.41, 5.74) is 2.89. The Hall–Kier alpha value is -3.54. The highest BCUT2D eigenvalue weighted by Crippen LogP contribution is 2.41. The first-order valence-electron chi connectivity index (χ1n) is 8.00. The Labute approximate surface area is 149 Å². The molecular weight excluding hydrogens is 332 g/mol. The van der Waals surface area contributed by atoms with Crippen LogP contribution in [0.5, 0.6) is 17.4 Å². The van der Waals surface area contributed by atoms with Crippen molar-refractivity contribution in [2.75, 3.05) is 14.2 Å². The van der Waals surface area contributed by atoms with Crippen molar-refractivity contribution in [3.63, 3.8) is 0 Å². The Balaban J connectivity index is 1.93. The number of aromatic nitrogens is 1. The number of rotatable bonds is 4. The number of nitrogens with zero attached hydrogens (tertiary/aromatic N) is 1. The lowest BCUT2D eigenvalue weighted by molar-refractivity contribution is 0.101. The molecule has 0 bridgehead atoms. The largest absolute Gasteiger partial charge is 0.496 e. The van der Waals surface area contributed by atoms with E-state index in [4.69, 9.17) is 9.47 Å². The van der Waals surface area contributed by atoms with Crippen LogP contribution >= 0.6 is 0 Å². The number of amides is 1. The molecule has 0 spiro atoms. The molecule has 130 valence electrons. The second-order valence-corrected chi connectivity index (χ2v) is 5.76. The van der Waals surface area contributed by atoms with Gasteiger partial charge in [-0.15, -0.1) is 0 Å². The Morgan fingerprint density at radius 3 is 2.12 bits per heavy atom. The molecule has 0 fully saturated rings. The summed E-state index contributed by atoms with van der Waals surface area (Å²) in [6, 6.07) is 14.5. The minimum absolute atomic E-state index is 0.114. The Morgan fingerprint density at radius 2 is 1.46 bits per heavy atom. The molecule has 0 saturated heterocycles. The van der Waals surface area contributed by atoms with Gasteiger partial charge in [-0.05, 0) is 24.3 Å². The average molecular weight is 348 g/mol. The van der Waals surface area contributed by atoms with Gasteiger partial charge in [0.15, 0.2) is 5.88 Å². The van der Waals surface area contributed by atoms with E-state index < -0.39 is 5.91 Å². The predicted octanol–water partition coefficient (Wildman–Crippen LogP) is 3.40. The fourth-order valence-corrected chi connectivity index (χ4v) is 3.23. The van der Waals surface area contributed by atoms with E-state index in [1.54, 1.807) is 32.4 Å². The standard InChI is InChI=1S/C20H16N2O4/c1-25-13-9-5-3-7-11(13)17-15-16(20(24)21-17)18(22-19(15)23)12-8-4-6-10-14(12)26-2/h3-10,21,24H,1-2H3. The maximum absolute atomic E-state index is 12.7. The van der Waals surface area contributed by atoms with Gasteiger partial charge in [-0.25, -0.2) is 4.99 Å². The zero-order chi connectivity index (χ0) is 18.3. The van der Waals surface area contributed by atoms with Crippen LogP contribution in [-0.4, -0.2) is 35.9 Å². The fraction of sp³-hybridized carbons (Fsp3) is 0.100. The zero-order valence-corrected chi connectivity index (χ0v) is 14.2. The smallest absolute Gasteiger partial charge is 0.280 e. The second-order valence-electron chi connectivity index (χ2n) is 5.76. The first kappa shape index (κ1) is 16.0. The van der Waals surface area contributed by atoms with Crippen molar-refractivity contribution in [1.29, 1.82) is 0 Å². The van der Waals surface area contributed by atoms with Gasteiger partial charge in [-0.3, -0.25) is 4.79 Å². The normalized spacial score (nSPS) is 12.7. The minimum atomic E-state index is -0.418. The summed E-state index contributed by atoms with van der Waals surface area (Å²) in [4.78, 5) is 19.7. The number of hydrogen-bond acceptors (Lipinski definition) is 4. The number of ether oxygens (including phenoxy) is 2. The molecule has 6 nitrogen and oxygen atoms in total. The summed E-state index contributed by atoms with van der Waals surface area (Å²) in [6.45, 7) is 0. The quantitative estimate of drug-likeness (QED) is 0.757. The molecule has 0 aliphatic carbocycles. The van der Waals surface area contributed by atoms with Crippen molar-refractivity contribution in [3.05, 3.63) is 65.2 Å². The minimum Gasteiger partial charge on any atom is -0.496 e. The number of fused-ring (bicyclic) bond motifs is 1. The predicted molar refractivity (Wildman–Crippen MR) is 97.4 cm³/mol. The van der Waals surface area contributed by atoms with Gasteiger partial charge in [0, 0.05) is 11.1 Å². The number of para-hydroxylation sites is 2. The van der Waals surface area contributed by atoms with Gasteiger partial charge in [0.2, 0.25) is 0 Å². The molecule has 2 N–H and O–H groups in total. The van der Waals surface area contributed by atoms with E-state index in [0.717, 1.165) is 0 Å². The molecule has 1 aliphatic heterocycles. The van der Waals surface area contributed by atoms with E-state index in [9.17, 15) is 9.90 Å². The number of benzene rings is 2. The van der Waals surface area contributed by atoms with Gasteiger partial charge < -0.3 is 19.6 Å². The van der Waals surface area contributed by atoms with Crippen molar-refractivity contribution in [2.45, 2.75) is 0 Å². The molecule has 1 amide bonds. The maximum Gasteiger partial charge on any atom is 0.280 e. The molecule has 1 aromatic heterocycles. The van der Waals surface area contributed by atoms with E-state index >= 15 is 0 Å². The highest BCUT2D eigenvalue weighted by Gasteiger charge is 2.35. The first-order chi connectivity index (χ1) is 12.7. The molecule has 26 heavy (non-hydrogen) atoms. The molecule has 0 radical (unpaired) electrons. The summed E-state index contributed by atoms with van der Waals surface area (Å²) in [5, 5.41) is 10.5. The van der Waals surface area contributed by atoms with Crippen molar-refractivity contribution in [2.24, 2.45) is 4.99 Å². The Bertz CT molecular complexity index is 1050. The lowest BCUT2D eigenvalue weighted by atomic mass is 9.99. The zero-order valence-electron chi connectivity index (χ0n) is 14.2. The monoisotopic (exact) mass is 348 g/mol. The summed E-state index contributed by atoms with van der Waals surface area (Å²) in [7, 11) is 3.11. The molecule has 1 aliphatic rings. The average Bonchev–Trinajstić information content (AvgIpc) is 3.20. The maximum atomic E-state index is 12.7. The number of aromatic hydroxyl groups is 1. The number of aliphatic imine (C=N–C) groups is 1. The molecular formula is C20H16N2O4. The van der Waals surface area contributed by atoms with E-state index in [-0.39, 0.29) is 5.88 Å². The molecule has 3 aromatic rings. The summed E-state index contributed by atoms with van der Waals surface area (Å²) < 4.78 is 10.8. The number of carbonyl (C=O) groups is 1. The van der Waals surface area contributed by atoms with Crippen LogP contribution in [0.3, 0.4) is 0 Å². The van der Waals surface area contributed by atoms with Gasteiger partial charge in [-0.1, -0.05) is 24.3 Å². The third-order valence-electron chi connectivity index (χ3n) is 4.38. The van der Waals surface area contributed by atoms with E-state index in [1.165, 1.54) is 0 Å². The molecule has 0 atom stereocenters. The Kier molecular flexibility index (Phi) is 3.73. The summed E-state index contributed by atoms with van der Waals surface area (Å²) >= 11 is 0. The van der Waals surface area contributed by atoms with Gasteiger partial charge in [0.05, 0.1) is 36.8 Å². The van der Waals surface area contributed by atoms with Crippen LogP contribution < -0.4 is 9.47 Å². The van der Waals surface area contributed by atoms with Crippen molar-refractivity contribution >= 4 is 11.6 Å². The van der Waals surface area contributed by atoms with Crippen molar-refractivity contribution in [1.82, 2.24) is 4.98 Å². The Morgan fingerprint density at radius 1 is 0.885 bits per heavy atom. The van der Waals surface area contributed by atoms with Gasteiger partial charge in [0.25, 0.3) is 5.91 Å². The van der Waals surface area contributed by atoms with Crippen molar-refractivity contribution in [3.8, 4) is 28.6 Å². The van der Waals surface area contributed by atoms with Crippen LogP contribution in [0.4, 0.5) is 0 Å². The summed E-state index contributed by atoms with van der Waals surface area (Å²) in [5.74, 6) is 0.635. The second kappa shape index (κ2) is 6.07. The van der Waals surface area contributed by atoms with Crippen LogP contribution in [0.1, 0.15) is 21.5 Å². The van der Waals surface area contributed by atoms with Crippen LogP contribution in [0, 0.1) is 0 Å². The first-order valence-corrected chi connectivity index (χ1v) is 8.00. The highest BCUT2D eigenvalue weighted by atomic mass is 16.5. The van der Waals surface area contributed by atoms with Gasteiger partial charge in [-0.2, -0.15) is 0 Å². The molecule has 6 heteroatoms. The van der Waals surface area contributed by atoms with Crippen LogP contribution in [0.2, 0.25) is 0 Å². The highest BCUT2D eigenvalue weighted by molar-refractivity contribution is 6.31. The lowest BCUT2D eigenvalue weighted by Crippen LogP contribution is -2.02. The number of nitrogens with one attached hydrogen (secondary N) is 1. The molecule has 0 unspecified atom stereocenters. The molecule has 0 saturated carbocycles. The fourth-order valence-electron chi connectivity index (χ4n) is 3.23. The number of H-pyrrole nitrogens is 1. The van der Waals surface area contributed by atoms with Gasteiger partial charge >= 0.3 is 0 Å². The van der Waals surface area contributed by atoms with E-state index in [1.807, 2.05) is 30.3 Å².